The standard InChI is InChI=1S/C25H24F3N5O3/c1-16-15-33(24(34)32-22-13-31-23(35-2)14-30-22)9-8-18(16)10-17-4-3-5-19(11-17)36-20-6-7-21(29-12-20)25(26,27)28/h3-7,10-14,16H,8-9,15H2,1-2H3,(H,30,32,34)/b18-10+. The number of hydrogen-bond donors (Lipinski definition) is 1. The predicted octanol–water partition coefficient (Wildman–Crippen LogP) is 5.65. The predicted molar refractivity (Wildman–Crippen MR) is 127 cm³/mol. The van der Waals surface area contributed by atoms with E-state index in [4.69, 9.17) is 9.47 Å². The van der Waals surface area contributed by atoms with Crippen molar-refractivity contribution in [3.05, 3.63) is 71.8 Å². The molecular formula is C25H24F3N5O3. The highest BCUT2D eigenvalue weighted by atomic mass is 19.4. The molecule has 4 rings (SSSR count). The summed E-state index contributed by atoms with van der Waals surface area (Å²) in [5.74, 6) is 1.52. The van der Waals surface area contributed by atoms with Gasteiger partial charge >= 0.3 is 12.2 Å². The van der Waals surface area contributed by atoms with Gasteiger partial charge < -0.3 is 14.4 Å². The number of carbonyl (C=O) groups excluding carboxylic acids is 1. The van der Waals surface area contributed by atoms with Crippen LogP contribution in [0.5, 0.6) is 17.4 Å². The number of halogens is 3. The van der Waals surface area contributed by atoms with E-state index in [1.807, 2.05) is 25.1 Å². The van der Waals surface area contributed by atoms with Gasteiger partial charge in [0, 0.05) is 13.1 Å². The normalized spacial score (nSPS) is 17.1. The Balaban J connectivity index is 1.37. The molecule has 188 valence electrons. The van der Waals surface area contributed by atoms with Crippen LogP contribution in [0.1, 0.15) is 24.6 Å². The summed E-state index contributed by atoms with van der Waals surface area (Å²) in [4.78, 5) is 25.9. The number of likely N-dealkylation sites (tertiary alicyclic amines) is 1. The van der Waals surface area contributed by atoms with Crippen molar-refractivity contribution in [1.29, 1.82) is 0 Å². The lowest BCUT2D eigenvalue weighted by atomic mass is 9.91. The number of ether oxygens (including phenoxy) is 2. The number of hydrogen-bond acceptors (Lipinski definition) is 6. The molecule has 0 aliphatic carbocycles. The molecule has 1 atom stereocenters. The van der Waals surface area contributed by atoms with Gasteiger partial charge in [0.25, 0.3) is 0 Å². The van der Waals surface area contributed by atoms with E-state index in [1.165, 1.54) is 31.1 Å². The molecule has 2 amide bonds. The molecule has 3 aromatic rings. The van der Waals surface area contributed by atoms with Crippen molar-refractivity contribution in [1.82, 2.24) is 19.9 Å². The summed E-state index contributed by atoms with van der Waals surface area (Å²) in [5.41, 5.74) is 1.09. The largest absolute Gasteiger partial charge is 0.480 e. The van der Waals surface area contributed by atoms with Gasteiger partial charge in [0.05, 0.1) is 25.7 Å². The summed E-state index contributed by atoms with van der Waals surface area (Å²) in [7, 11) is 1.49. The second-order valence-electron chi connectivity index (χ2n) is 8.24. The maximum Gasteiger partial charge on any atom is 0.433 e. The molecule has 11 heteroatoms. The number of pyridine rings is 1. The van der Waals surface area contributed by atoms with Gasteiger partial charge in [0.1, 0.15) is 17.2 Å². The van der Waals surface area contributed by atoms with E-state index < -0.39 is 11.9 Å². The molecule has 1 N–H and O–H groups in total. The molecule has 3 heterocycles. The van der Waals surface area contributed by atoms with Crippen molar-refractivity contribution >= 4 is 17.9 Å². The molecule has 8 nitrogen and oxygen atoms in total. The van der Waals surface area contributed by atoms with Crippen LogP contribution in [-0.2, 0) is 6.18 Å². The number of alkyl halides is 3. The quantitative estimate of drug-likeness (QED) is 0.488. The van der Waals surface area contributed by atoms with Crippen molar-refractivity contribution in [3.8, 4) is 17.4 Å². The molecule has 1 saturated heterocycles. The van der Waals surface area contributed by atoms with Crippen LogP contribution in [0.2, 0.25) is 0 Å². The van der Waals surface area contributed by atoms with E-state index in [2.05, 4.69) is 20.3 Å². The van der Waals surface area contributed by atoms with Gasteiger partial charge in [-0.05, 0) is 42.2 Å². The molecular weight excluding hydrogens is 475 g/mol. The fourth-order valence-electron chi connectivity index (χ4n) is 3.75. The van der Waals surface area contributed by atoms with Gasteiger partial charge in [-0.1, -0.05) is 30.7 Å². The summed E-state index contributed by atoms with van der Waals surface area (Å²) >= 11 is 0. The van der Waals surface area contributed by atoms with Crippen LogP contribution in [0.4, 0.5) is 23.8 Å². The van der Waals surface area contributed by atoms with E-state index in [0.29, 0.717) is 37.0 Å². The summed E-state index contributed by atoms with van der Waals surface area (Å²) in [5, 5.41) is 2.74. The molecule has 1 aromatic carbocycles. The number of amides is 2. The first-order valence-electron chi connectivity index (χ1n) is 11.1. The number of urea groups is 1. The Bertz CT molecular complexity index is 1230. The summed E-state index contributed by atoms with van der Waals surface area (Å²) in [6.45, 7) is 3.13. The molecule has 1 aliphatic heterocycles. The van der Waals surface area contributed by atoms with Crippen LogP contribution < -0.4 is 14.8 Å². The first-order valence-corrected chi connectivity index (χ1v) is 11.1. The fraction of sp³-hybridized carbons (Fsp3) is 0.280. The zero-order valence-corrected chi connectivity index (χ0v) is 19.6. The van der Waals surface area contributed by atoms with Gasteiger partial charge in [0.15, 0.2) is 5.82 Å². The highest BCUT2D eigenvalue weighted by Crippen LogP contribution is 2.30. The minimum absolute atomic E-state index is 0.120. The van der Waals surface area contributed by atoms with Gasteiger partial charge in [-0.2, -0.15) is 13.2 Å². The minimum atomic E-state index is -4.50. The Labute approximate surface area is 205 Å². The fourth-order valence-corrected chi connectivity index (χ4v) is 3.75. The Hall–Kier alpha value is -4.15. The van der Waals surface area contributed by atoms with Crippen LogP contribution in [0.15, 0.2) is 60.6 Å². The second-order valence-corrected chi connectivity index (χ2v) is 8.24. The lowest BCUT2D eigenvalue weighted by Crippen LogP contribution is -2.42. The van der Waals surface area contributed by atoms with Crippen LogP contribution in [-0.4, -0.2) is 46.1 Å². The number of piperidine rings is 1. The van der Waals surface area contributed by atoms with Crippen LogP contribution in [0, 0.1) is 5.92 Å². The van der Waals surface area contributed by atoms with Crippen molar-refractivity contribution in [3.63, 3.8) is 0 Å². The smallest absolute Gasteiger partial charge is 0.433 e. The molecule has 0 bridgehead atoms. The molecule has 36 heavy (non-hydrogen) atoms. The van der Waals surface area contributed by atoms with Crippen molar-refractivity contribution in [2.45, 2.75) is 19.5 Å². The van der Waals surface area contributed by atoms with E-state index in [1.54, 1.807) is 17.0 Å². The van der Waals surface area contributed by atoms with Gasteiger partial charge in [-0.3, -0.25) is 5.32 Å². The molecule has 1 fully saturated rings. The molecule has 2 aromatic heterocycles. The number of aromatic nitrogens is 3. The van der Waals surface area contributed by atoms with Gasteiger partial charge in [-0.25, -0.2) is 19.7 Å². The average Bonchev–Trinajstić information content (AvgIpc) is 2.86. The van der Waals surface area contributed by atoms with Crippen molar-refractivity contribution in [2.24, 2.45) is 5.92 Å². The maximum atomic E-state index is 12.7. The van der Waals surface area contributed by atoms with Crippen molar-refractivity contribution in [2.75, 3.05) is 25.5 Å². The average molecular weight is 499 g/mol. The van der Waals surface area contributed by atoms with Crippen molar-refractivity contribution < 1.29 is 27.4 Å². The topological polar surface area (TPSA) is 89.5 Å². The third-order valence-corrected chi connectivity index (χ3v) is 5.63. The Morgan fingerprint density at radius 2 is 1.94 bits per heavy atom. The molecule has 1 aliphatic rings. The molecule has 0 saturated carbocycles. The monoisotopic (exact) mass is 499 g/mol. The summed E-state index contributed by atoms with van der Waals surface area (Å²) in [6.07, 6.45) is 2.16. The highest BCUT2D eigenvalue weighted by Gasteiger charge is 2.32. The minimum Gasteiger partial charge on any atom is -0.480 e. The molecule has 0 spiro atoms. The Morgan fingerprint density at radius 3 is 2.58 bits per heavy atom. The van der Waals surface area contributed by atoms with Crippen LogP contribution >= 0.6 is 0 Å². The van der Waals surface area contributed by atoms with E-state index >= 15 is 0 Å². The summed E-state index contributed by atoms with van der Waals surface area (Å²) < 4.78 is 48.8. The lowest BCUT2D eigenvalue weighted by Gasteiger charge is -2.33. The molecule has 1 unspecified atom stereocenters. The summed E-state index contributed by atoms with van der Waals surface area (Å²) in [6, 6.07) is 9.12. The van der Waals surface area contributed by atoms with Gasteiger partial charge in [0.2, 0.25) is 5.88 Å². The zero-order valence-electron chi connectivity index (χ0n) is 19.6. The Kier molecular flexibility index (Phi) is 7.37. The van der Waals surface area contributed by atoms with Gasteiger partial charge in [-0.15, -0.1) is 0 Å². The first kappa shape index (κ1) is 25.0. The highest BCUT2D eigenvalue weighted by molar-refractivity contribution is 5.88. The number of rotatable bonds is 5. The third-order valence-electron chi connectivity index (χ3n) is 5.63. The molecule has 0 radical (unpaired) electrons. The lowest BCUT2D eigenvalue weighted by molar-refractivity contribution is -0.141. The van der Waals surface area contributed by atoms with Crippen LogP contribution in [0.25, 0.3) is 6.08 Å². The number of methoxy groups -OCH3 is 1. The first-order chi connectivity index (χ1) is 17.2. The SMILES string of the molecule is COc1cnc(NC(=O)N2CC/C(=C\c3cccc(Oc4ccc(C(F)(F)F)nc4)c3)C(C)C2)cn1. The Morgan fingerprint density at radius 1 is 1.11 bits per heavy atom. The number of nitrogens with zero attached hydrogens (tertiary/aromatic N) is 4. The van der Waals surface area contributed by atoms with Crippen LogP contribution in [0.3, 0.4) is 0 Å². The number of nitrogens with one attached hydrogen (secondary N) is 1. The van der Waals surface area contributed by atoms with E-state index in [-0.39, 0.29) is 17.7 Å². The maximum absolute atomic E-state index is 12.7. The number of anilines is 1. The second kappa shape index (κ2) is 10.6. The third kappa shape index (κ3) is 6.29. The van der Waals surface area contributed by atoms with E-state index in [9.17, 15) is 18.0 Å². The number of carbonyl (C=O) groups is 1. The number of benzene rings is 1. The van der Waals surface area contributed by atoms with E-state index in [0.717, 1.165) is 17.8 Å². The zero-order chi connectivity index (χ0) is 25.7.